The zero-order valence-corrected chi connectivity index (χ0v) is 14.2. The van der Waals surface area contributed by atoms with Gasteiger partial charge < -0.3 is 4.42 Å². The van der Waals surface area contributed by atoms with Gasteiger partial charge in [0.25, 0.3) is 10.0 Å². The highest BCUT2D eigenvalue weighted by molar-refractivity contribution is 7.89. The molecule has 0 saturated heterocycles. The molecule has 3 rings (SSSR count). The molecule has 0 fully saturated rings. The second-order valence-corrected chi connectivity index (χ2v) is 7.37. The zero-order chi connectivity index (χ0) is 17.3. The Morgan fingerprint density at radius 2 is 1.67 bits per heavy atom. The molecule has 1 amide bonds. The fraction of sp³-hybridized carbons (Fsp3) is 0. The maximum atomic E-state index is 12.2. The van der Waals surface area contributed by atoms with E-state index in [2.05, 4.69) is 5.43 Å². The lowest BCUT2D eigenvalue weighted by Gasteiger charge is -2.08. The first-order valence-electron chi connectivity index (χ1n) is 6.62. The molecule has 0 unspecified atom stereocenters. The first-order valence-corrected chi connectivity index (χ1v) is 8.86. The molecule has 3 aromatic rings. The molecule has 6 nitrogen and oxygen atoms in total. The number of fused-ring (bicyclic) bond motifs is 1. The summed E-state index contributed by atoms with van der Waals surface area (Å²) in [5.41, 5.74) is 2.60. The van der Waals surface area contributed by atoms with Crippen LogP contribution in [0.25, 0.3) is 11.0 Å². The number of amides is 1. The predicted molar refractivity (Wildman–Crippen MR) is 90.5 cm³/mol. The highest BCUT2D eigenvalue weighted by Crippen LogP contribution is 2.22. The van der Waals surface area contributed by atoms with Crippen LogP contribution in [0, 0.1) is 0 Å². The predicted octanol–water partition coefficient (Wildman–Crippen LogP) is 3.36. The minimum Gasteiger partial charge on any atom is -0.451 e. The van der Waals surface area contributed by atoms with Gasteiger partial charge in [0, 0.05) is 15.4 Å². The maximum Gasteiger partial charge on any atom is 0.301 e. The van der Waals surface area contributed by atoms with Gasteiger partial charge in [-0.15, -0.1) is 4.83 Å². The van der Waals surface area contributed by atoms with Crippen molar-refractivity contribution in [2.45, 2.75) is 4.90 Å². The third-order valence-corrected chi connectivity index (χ3v) is 4.76. The first kappa shape index (κ1) is 16.8. The number of sulfonamides is 1. The van der Waals surface area contributed by atoms with Gasteiger partial charge in [0.15, 0.2) is 5.76 Å². The quantitative estimate of drug-likeness (QED) is 0.674. The van der Waals surface area contributed by atoms with Crippen molar-refractivity contribution in [1.82, 2.24) is 10.3 Å². The number of halogens is 2. The van der Waals surface area contributed by atoms with Crippen LogP contribution in [-0.2, 0) is 10.0 Å². The molecule has 124 valence electrons. The molecular weight excluding hydrogens is 375 g/mol. The van der Waals surface area contributed by atoms with E-state index in [1.807, 2.05) is 4.83 Å². The molecule has 1 aromatic heterocycles. The van der Waals surface area contributed by atoms with Crippen LogP contribution in [0.1, 0.15) is 10.6 Å². The Bertz CT molecular complexity index is 978. The fourth-order valence-electron chi connectivity index (χ4n) is 2.01. The number of hydrazine groups is 1. The summed E-state index contributed by atoms with van der Waals surface area (Å²) >= 11 is 11.6. The van der Waals surface area contributed by atoms with Crippen molar-refractivity contribution in [3.8, 4) is 0 Å². The number of hydrogen-bond donors (Lipinski definition) is 2. The Labute approximate surface area is 147 Å². The van der Waals surface area contributed by atoms with Gasteiger partial charge >= 0.3 is 5.91 Å². The normalized spacial score (nSPS) is 11.6. The van der Waals surface area contributed by atoms with Crippen LogP contribution in [-0.4, -0.2) is 14.3 Å². The van der Waals surface area contributed by atoms with Crippen LogP contribution in [0.3, 0.4) is 0 Å². The lowest BCUT2D eigenvalue weighted by atomic mass is 10.2. The molecule has 0 bridgehead atoms. The summed E-state index contributed by atoms with van der Waals surface area (Å²) in [6, 6.07) is 12.4. The molecule has 0 atom stereocenters. The third kappa shape index (κ3) is 3.54. The van der Waals surface area contributed by atoms with E-state index in [4.69, 9.17) is 27.6 Å². The molecule has 0 saturated carbocycles. The van der Waals surface area contributed by atoms with Gasteiger partial charge in [-0.2, -0.15) is 0 Å². The molecule has 2 N–H and O–H groups in total. The van der Waals surface area contributed by atoms with Gasteiger partial charge in [0.05, 0.1) is 4.90 Å². The number of carbonyl (C=O) groups excluding carboxylic acids is 1. The molecule has 0 spiro atoms. The van der Waals surface area contributed by atoms with Crippen molar-refractivity contribution in [3.63, 3.8) is 0 Å². The van der Waals surface area contributed by atoms with E-state index in [0.717, 1.165) is 5.39 Å². The average Bonchev–Trinajstić information content (AvgIpc) is 2.96. The topological polar surface area (TPSA) is 88.4 Å². The van der Waals surface area contributed by atoms with E-state index in [1.165, 1.54) is 24.3 Å². The standard InChI is InChI=1S/C15H10Cl2N2O4S/c16-10-6-11(17)8-12(7-10)24(21,22)19-18-15(20)14-5-9-3-1-2-4-13(9)23-14/h1-8,19H,(H,18,20). The Balaban J connectivity index is 1.77. The van der Waals surface area contributed by atoms with Gasteiger partial charge in [-0.25, -0.2) is 8.42 Å². The van der Waals surface area contributed by atoms with E-state index in [0.29, 0.717) is 5.58 Å². The van der Waals surface area contributed by atoms with E-state index in [-0.39, 0.29) is 20.7 Å². The summed E-state index contributed by atoms with van der Waals surface area (Å²) in [4.78, 5) is 13.8. The minimum atomic E-state index is -4.03. The second-order valence-electron chi connectivity index (χ2n) is 4.81. The number of furan rings is 1. The largest absolute Gasteiger partial charge is 0.451 e. The number of hydrogen-bond acceptors (Lipinski definition) is 4. The molecule has 1 heterocycles. The number of carbonyl (C=O) groups is 1. The van der Waals surface area contributed by atoms with Gasteiger partial charge in [-0.05, 0) is 30.3 Å². The molecule has 24 heavy (non-hydrogen) atoms. The van der Waals surface area contributed by atoms with Crippen LogP contribution in [0.4, 0.5) is 0 Å². The van der Waals surface area contributed by atoms with Crippen LogP contribution in [0.2, 0.25) is 10.0 Å². The van der Waals surface area contributed by atoms with E-state index in [9.17, 15) is 13.2 Å². The van der Waals surface area contributed by atoms with Crippen molar-refractivity contribution in [1.29, 1.82) is 0 Å². The van der Waals surface area contributed by atoms with Gasteiger partial charge in [-0.3, -0.25) is 10.2 Å². The number of benzene rings is 2. The van der Waals surface area contributed by atoms with Gasteiger partial charge in [-0.1, -0.05) is 41.4 Å². The summed E-state index contributed by atoms with van der Waals surface area (Å²) in [5.74, 6) is -0.758. The Hall–Kier alpha value is -2.06. The third-order valence-electron chi connectivity index (χ3n) is 3.09. The summed E-state index contributed by atoms with van der Waals surface area (Å²) in [6.07, 6.45) is 0. The van der Waals surface area contributed by atoms with Gasteiger partial charge in [0.1, 0.15) is 5.58 Å². The number of rotatable bonds is 4. The van der Waals surface area contributed by atoms with Crippen LogP contribution in [0.5, 0.6) is 0 Å². The molecule has 0 aliphatic rings. The molecule has 0 aliphatic heterocycles. The van der Waals surface area contributed by atoms with Crippen LogP contribution < -0.4 is 10.3 Å². The smallest absolute Gasteiger partial charge is 0.301 e. The molecular formula is C15H10Cl2N2O4S. The molecule has 0 radical (unpaired) electrons. The van der Waals surface area contributed by atoms with Crippen molar-refractivity contribution in [3.05, 3.63) is 64.3 Å². The Morgan fingerprint density at radius 3 is 2.33 bits per heavy atom. The average molecular weight is 385 g/mol. The zero-order valence-electron chi connectivity index (χ0n) is 11.9. The fourth-order valence-corrected chi connectivity index (χ4v) is 3.58. The van der Waals surface area contributed by atoms with Crippen molar-refractivity contribution in [2.75, 3.05) is 0 Å². The lowest BCUT2D eigenvalue weighted by molar-refractivity contribution is 0.0919. The first-order chi connectivity index (χ1) is 11.3. The van der Waals surface area contributed by atoms with Crippen LogP contribution in [0.15, 0.2) is 57.8 Å². The minimum absolute atomic E-state index is 0.0250. The summed E-state index contributed by atoms with van der Waals surface area (Å²) in [6.45, 7) is 0. The number of para-hydroxylation sites is 1. The van der Waals surface area contributed by atoms with Crippen molar-refractivity contribution >= 4 is 50.1 Å². The van der Waals surface area contributed by atoms with Crippen molar-refractivity contribution < 1.29 is 17.6 Å². The SMILES string of the molecule is O=C(NNS(=O)(=O)c1cc(Cl)cc(Cl)c1)c1cc2ccccc2o1. The Morgan fingerprint density at radius 1 is 1.00 bits per heavy atom. The molecule has 2 aromatic carbocycles. The summed E-state index contributed by atoms with van der Waals surface area (Å²) in [5, 5.41) is 1.05. The second kappa shape index (κ2) is 6.45. The summed E-state index contributed by atoms with van der Waals surface area (Å²) in [7, 11) is -4.03. The Kier molecular flexibility index (Phi) is 4.51. The highest BCUT2D eigenvalue weighted by Gasteiger charge is 2.18. The van der Waals surface area contributed by atoms with Crippen molar-refractivity contribution in [2.24, 2.45) is 0 Å². The molecule has 0 aliphatic carbocycles. The number of nitrogens with one attached hydrogen (secondary N) is 2. The highest BCUT2D eigenvalue weighted by atomic mass is 35.5. The summed E-state index contributed by atoms with van der Waals surface area (Å²) < 4.78 is 29.7. The molecule has 9 heteroatoms. The maximum absolute atomic E-state index is 12.2. The van der Waals surface area contributed by atoms with E-state index < -0.39 is 15.9 Å². The van der Waals surface area contributed by atoms with Crippen LogP contribution >= 0.6 is 23.2 Å². The monoisotopic (exact) mass is 384 g/mol. The van der Waals surface area contributed by atoms with Gasteiger partial charge in [0.2, 0.25) is 0 Å². The lowest BCUT2D eigenvalue weighted by Crippen LogP contribution is -2.41. The van der Waals surface area contributed by atoms with E-state index in [1.54, 1.807) is 24.3 Å². The van der Waals surface area contributed by atoms with E-state index >= 15 is 0 Å².